The molecular formula is C13H11FN2O2. The number of carbonyl (C=O) groups is 1. The largest absolute Gasteiger partial charge is 0.506 e. The molecule has 2 aromatic carbocycles. The minimum Gasteiger partial charge on any atom is -0.506 e. The van der Waals surface area contributed by atoms with Crippen LogP contribution in [0.1, 0.15) is 10.4 Å². The summed E-state index contributed by atoms with van der Waals surface area (Å²) in [5, 5.41) is 11.8. The molecule has 4 N–H and O–H groups in total. The molecule has 0 aliphatic rings. The maximum Gasteiger partial charge on any atom is 0.255 e. The molecule has 0 bridgehead atoms. The van der Waals surface area contributed by atoms with Crippen LogP contribution in [0.2, 0.25) is 0 Å². The first-order valence-corrected chi connectivity index (χ1v) is 5.21. The van der Waals surface area contributed by atoms with Gasteiger partial charge in [0.2, 0.25) is 0 Å². The fourth-order valence-electron chi connectivity index (χ4n) is 1.44. The highest BCUT2D eigenvalue weighted by Crippen LogP contribution is 2.23. The van der Waals surface area contributed by atoms with E-state index in [-0.39, 0.29) is 17.3 Å². The van der Waals surface area contributed by atoms with Crippen molar-refractivity contribution in [1.29, 1.82) is 0 Å². The zero-order chi connectivity index (χ0) is 13.1. The molecule has 0 saturated heterocycles. The molecule has 18 heavy (non-hydrogen) atoms. The number of nitrogens with one attached hydrogen (secondary N) is 1. The van der Waals surface area contributed by atoms with Crippen molar-refractivity contribution in [1.82, 2.24) is 0 Å². The number of carbonyl (C=O) groups excluding carboxylic acids is 1. The predicted octanol–water partition coefficient (Wildman–Crippen LogP) is 2.37. The first kappa shape index (κ1) is 11.9. The predicted molar refractivity (Wildman–Crippen MR) is 66.9 cm³/mol. The van der Waals surface area contributed by atoms with Gasteiger partial charge in [-0.2, -0.15) is 0 Å². The van der Waals surface area contributed by atoms with Crippen LogP contribution in [0.3, 0.4) is 0 Å². The number of nitrogen functional groups attached to an aromatic ring is 1. The van der Waals surface area contributed by atoms with Crippen molar-refractivity contribution in [3.63, 3.8) is 0 Å². The van der Waals surface area contributed by atoms with Crippen LogP contribution < -0.4 is 11.1 Å². The number of aromatic hydroxyl groups is 1. The van der Waals surface area contributed by atoms with E-state index in [2.05, 4.69) is 5.32 Å². The van der Waals surface area contributed by atoms with Crippen molar-refractivity contribution in [2.24, 2.45) is 0 Å². The number of amides is 1. The number of benzene rings is 2. The molecule has 0 radical (unpaired) electrons. The average molecular weight is 246 g/mol. The zero-order valence-electron chi connectivity index (χ0n) is 9.35. The van der Waals surface area contributed by atoms with Crippen molar-refractivity contribution in [2.45, 2.75) is 0 Å². The third-order valence-corrected chi connectivity index (χ3v) is 2.39. The lowest BCUT2D eigenvalue weighted by Gasteiger charge is -2.06. The van der Waals surface area contributed by atoms with E-state index in [0.717, 1.165) is 0 Å². The lowest BCUT2D eigenvalue weighted by atomic mass is 10.2. The van der Waals surface area contributed by atoms with Crippen LogP contribution in [0.25, 0.3) is 0 Å². The molecular weight excluding hydrogens is 235 g/mol. The number of rotatable bonds is 2. The van der Waals surface area contributed by atoms with Crippen molar-refractivity contribution in [2.75, 3.05) is 11.1 Å². The van der Waals surface area contributed by atoms with Crippen LogP contribution in [0.15, 0.2) is 42.5 Å². The molecule has 92 valence electrons. The van der Waals surface area contributed by atoms with Crippen molar-refractivity contribution in [3.05, 3.63) is 53.8 Å². The standard InChI is InChI=1S/C13H11FN2O2/c14-9-3-1-8(2-4-9)13(18)16-10-5-6-12(17)11(15)7-10/h1-7,17H,15H2,(H,16,18). The zero-order valence-corrected chi connectivity index (χ0v) is 9.35. The highest BCUT2D eigenvalue weighted by molar-refractivity contribution is 6.04. The van der Waals surface area contributed by atoms with Gasteiger partial charge in [0, 0.05) is 11.3 Å². The second-order valence-electron chi connectivity index (χ2n) is 3.73. The Balaban J connectivity index is 2.16. The quantitative estimate of drug-likeness (QED) is 0.432. The Hall–Kier alpha value is -2.56. The van der Waals surface area contributed by atoms with Crippen LogP contribution in [-0.4, -0.2) is 11.0 Å². The smallest absolute Gasteiger partial charge is 0.255 e. The topological polar surface area (TPSA) is 75.3 Å². The Bertz CT molecular complexity index is 582. The third-order valence-electron chi connectivity index (χ3n) is 2.39. The van der Waals surface area contributed by atoms with Gasteiger partial charge >= 0.3 is 0 Å². The van der Waals surface area contributed by atoms with E-state index < -0.39 is 5.82 Å². The summed E-state index contributed by atoms with van der Waals surface area (Å²) in [4.78, 5) is 11.8. The number of phenolic OH excluding ortho intramolecular Hbond substituents is 1. The molecule has 0 aliphatic heterocycles. The summed E-state index contributed by atoms with van der Waals surface area (Å²) < 4.78 is 12.7. The molecule has 4 nitrogen and oxygen atoms in total. The van der Waals surface area contributed by atoms with Gasteiger partial charge < -0.3 is 16.2 Å². The summed E-state index contributed by atoms with van der Waals surface area (Å²) >= 11 is 0. The van der Waals surface area contributed by atoms with Gasteiger partial charge in [0.25, 0.3) is 5.91 Å². The van der Waals surface area contributed by atoms with Gasteiger partial charge in [-0.25, -0.2) is 4.39 Å². The number of halogens is 1. The molecule has 0 atom stereocenters. The minimum absolute atomic E-state index is 0.0465. The van der Waals surface area contributed by atoms with E-state index in [1.165, 1.54) is 42.5 Å². The minimum atomic E-state index is -0.402. The Morgan fingerprint density at radius 2 is 1.83 bits per heavy atom. The second kappa shape index (κ2) is 4.75. The van der Waals surface area contributed by atoms with Crippen molar-refractivity contribution < 1.29 is 14.3 Å². The Morgan fingerprint density at radius 3 is 2.44 bits per heavy atom. The summed E-state index contributed by atoms with van der Waals surface area (Å²) in [5.41, 5.74) is 6.47. The monoisotopic (exact) mass is 246 g/mol. The van der Waals surface area contributed by atoms with Gasteiger partial charge in [0.05, 0.1) is 5.69 Å². The summed E-state index contributed by atoms with van der Waals surface area (Å²) in [6.07, 6.45) is 0. The molecule has 1 amide bonds. The first-order chi connectivity index (χ1) is 8.56. The third kappa shape index (κ3) is 2.57. The van der Waals surface area contributed by atoms with Gasteiger partial charge in [-0.3, -0.25) is 4.79 Å². The number of nitrogens with two attached hydrogens (primary N) is 1. The van der Waals surface area contributed by atoms with Gasteiger partial charge in [-0.05, 0) is 42.5 Å². The second-order valence-corrected chi connectivity index (χ2v) is 3.73. The van der Waals surface area contributed by atoms with Crippen LogP contribution in [-0.2, 0) is 0 Å². The molecule has 0 fully saturated rings. The van der Waals surface area contributed by atoms with E-state index in [9.17, 15) is 14.3 Å². The normalized spacial score (nSPS) is 10.1. The fraction of sp³-hybridized carbons (Fsp3) is 0. The Morgan fingerprint density at radius 1 is 1.17 bits per heavy atom. The number of hydrogen-bond acceptors (Lipinski definition) is 3. The molecule has 0 saturated carbocycles. The van der Waals surface area contributed by atoms with Gasteiger partial charge in [-0.1, -0.05) is 0 Å². The van der Waals surface area contributed by atoms with Gasteiger partial charge in [0.1, 0.15) is 11.6 Å². The van der Waals surface area contributed by atoms with E-state index in [0.29, 0.717) is 11.3 Å². The van der Waals surface area contributed by atoms with Crippen molar-refractivity contribution in [3.8, 4) is 5.75 Å². The highest BCUT2D eigenvalue weighted by Gasteiger charge is 2.07. The lowest BCUT2D eigenvalue weighted by molar-refractivity contribution is 0.102. The average Bonchev–Trinajstić information content (AvgIpc) is 2.34. The summed E-state index contributed by atoms with van der Waals surface area (Å²) in [7, 11) is 0. The van der Waals surface area contributed by atoms with Crippen LogP contribution in [0, 0.1) is 5.82 Å². The van der Waals surface area contributed by atoms with Crippen molar-refractivity contribution >= 4 is 17.3 Å². The maximum absolute atomic E-state index is 12.7. The first-order valence-electron chi connectivity index (χ1n) is 5.21. The van der Waals surface area contributed by atoms with E-state index in [1.807, 2.05) is 0 Å². The Kier molecular flexibility index (Phi) is 3.14. The van der Waals surface area contributed by atoms with Gasteiger partial charge in [0.15, 0.2) is 0 Å². The van der Waals surface area contributed by atoms with Crippen LogP contribution >= 0.6 is 0 Å². The van der Waals surface area contributed by atoms with Crippen LogP contribution in [0.4, 0.5) is 15.8 Å². The number of hydrogen-bond donors (Lipinski definition) is 3. The number of anilines is 2. The molecule has 0 aliphatic carbocycles. The SMILES string of the molecule is Nc1cc(NC(=O)c2ccc(F)cc2)ccc1O. The molecule has 0 unspecified atom stereocenters. The maximum atomic E-state index is 12.7. The van der Waals surface area contributed by atoms with E-state index in [4.69, 9.17) is 5.73 Å². The molecule has 0 aromatic heterocycles. The molecule has 2 aromatic rings. The Labute approximate surface area is 103 Å². The summed E-state index contributed by atoms with van der Waals surface area (Å²) in [5.74, 6) is -0.824. The molecule has 0 heterocycles. The fourth-order valence-corrected chi connectivity index (χ4v) is 1.44. The van der Waals surface area contributed by atoms with E-state index >= 15 is 0 Å². The molecule has 2 rings (SSSR count). The molecule has 5 heteroatoms. The summed E-state index contributed by atoms with van der Waals surface area (Å²) in [6.45, 7) is 0. The van der Waals surface area contributed by atoms with Gasteiger partial charge in [-0.15, -0.1) is 0 Å². The number of phenols is 1. The van der Waals surface area contributed by atoms with E-state index in [1.54, 1.807) is 0 Å². The lowest BCUT2D eigenvalue weighted by Crippen LogP contribution is -2.11. The highest BCUT2D eigenvalue weighted by atomic mass is 19.1. The molecule has 0 spiro atoms. The summed E-state index contributed by atoms with van der Waals surface area (Å²) in [6, 6.07) is 9.53. The van der Waals surface area contributed by atoms with Crippen LogP contribution in [0.5, 0.6) is 5.75 Å².